The maximum atomic E-state index is 11.0. The van der Waals surface area contributed by atoms with E-state index in [1.165, 1.54) is 13.0 Å². The van der Waals surface area contributed by atoms with Crippen molar-refractivity contribution < 1.29 is 14.5 Å². The molecule has 0 rings (SSSR count). The maximum absolute atomic E-state index is 11.0. The van der Waals surface area contributed by atoms with Gasteiger partial charge in [0.25, 0.3) is 6.04 Å². The smallest absolute Gasteiger partial charge is 0.332 e. The number of carbonyl (C=O) groups is 1. The van der Waals surface area contributed by atoms with Crippen LogP contribution >= 0.6 is 0 Å². The molecule has 0 aliphatic carbocycles. The predicted octanol–water partition coefficient (Wildman–Crippen LogP) is -0.0197. The molecule has 1 unspecified atom stereocenters. The molecule has 3 N–H and O–H groups in total. The zero-order valence-corrected chi connectivity index (χ0v) is 9.97. The van der Waals surface area contributed by atoms with Crippen molar-refractivity contribution in [2.45, 2.75) is 26.8 Å². The topological polar surface area (TPSA) is 120 Å². The van der Waals surface area contributed by atoms with Gasteiger partial charge in [-0.15, -0.1) is 0 Å². The summed E-state index contributed by atoms with van der Waals surface area (Å²) >= 11 is 0. The van der Waals surface area contributed by atoms with Crippen LogP contribution in [0.15, 0.2) is 16.9 Å². The molecule has 17 heavy (non-hydrogen) atoms. The van der Waals surface area contributed by atoms with Crippen LogP contribution in [-0.2, 0) is 9.53 Å². The van der Waals surface area contributed by atoms with Gasteiger partial charge in [0.1, 0.15) is 0 Å². The Morgan fingerprint density at radius 3 is 2.76 bits per heavy atom. The molecule has 0 fully saturated rings. The van der Waals surface area contributed by atoms with E-state index in [2.05, 4.69) is 15.3 Å². The lowest BCUT2D eigenvalue weighted by atomic mass is 10.3. The molecule has 0 aromatic heterocycles. The van der Waals surface area contributed by atoms with Crippen molar-refractivity contribution in [2.24, 2.45) is 10.8 Å². The molecule has 8 nitrogen and oxygen atoms in total. The van der Waals surface area contributed by atoms with Crippen LogP contribution in [0.4, 0.5) is 0 Å². The largest absolute Gasteiger partial charge is 0.463 e. The highest BCUT2D eigenvalue weighted by atomic mass is 16.6. The molecular weight excluding hydrogens is 228 g/mol. The van der Waals surface area contributed by atoms with Crippen molar-refractivity contribution in [3.05, 3.63) is 21.9 Å². The summed E-state index contributed by atoms with van der Waals surface area (Å²) in [4.78, 5) is 20.8. The molecule has 0 amide bonds. The van der Waals surface area contributed by atoms with Crippen molar-refractivity contribution in [3.63, 3.8) is 0 Å². The number of hydrogen-bond acceptors (Lipinski definition) is 6. The van der Waals surface area contributed by atoms with Crippen LogP contribution in [0, 0.1) is 10.1 Å². The van der Waals surface area contributed by atoms with Crippen LogP contribution in [0.1, 0.15) is 20.8 Å². The lowest BCUT2D eigenvalue weighted by Gasteiger charge is -2.04. The molecule has 0 aliphatic heterocycles. The molecule has 0 aromatic rings. The first-order valence-corrected chi connectivity index (χ1v) is 4.96. The van der Waals surface area contributed by atoms with Crippen LogP contribution in [0.25, 0.3) is 0 Å². The van der Waals surface area contributed by atoms with E-state index in [4.69, 9.17) is 5.73 Å². The second-order valence-corrected chi connectivity index (χ2v) is 3.19. The number of carbonyl (C=O) groups excluding carboxylic acids is 1. The van der Waals surface area contributed by atoms with E-state index in [0.717, 1.165) is 0 Å². The fraction of sp³-hybridized carbons (Fsp3) is 0.556. The van der Waals surface area contributed by atoms with E-state index >= 15 is 0 Å². The number of nitrogens with one attached hydrogen (secondary N) is 1. The third kappa shape index (κ3) is 6.13. The van der Waals surface area contributed by atoms with Gasteiger partial charge in [-0.25, -0.2) is 4.79 Å². The Morgan fingerprint density at radius 2 is 2.29 bits per heavy atom. The van der Waals surface area contributed by atoms with Gasteiger partial charge in [-0.2, -0.15) is 5.10 Å². The standard InChI is InChI=1S/C9H16N4O4/c1-4-17-8(14)5-6(2)11-12-9(10)7(3)13(15)16/h5,7,11H,4H2,1-3H3,(H2,10,12). The van der Waals surface area contributed by atoms with E-state index in [9.17, 15) is 14.9 Å². The quantitative estimate of drug-likeness (QED) is 0.169. The average Bonchev–Trinajstić information content (AvgIpc) is 2.24. The molecule has 0 saturated carbocycles. The summed E-state index contributed by atoms with van der Waals surface area (Å²) in [5.41, 5.74) is 8.16. The molecule has 8 heteroatoms. The minimum Gasteiger partial charge on any atom is -0.463 e. The molecule has 0 aliphatic rings. The minimum atomic E-state index is -1.09. The van der Waals surface area contributed by atoms with Gasteiger partial charge in [0.2, 0.25) is 0 Å². The number of nitrogens with zero attached hydrogens (tertiary/aromatic N) is 2. The molecule has 0 saturated heterocycles. The number of amidine groups is 1. The number of hydrogen-bond donors (Lipinski definition) is 2. The predicted molar refractivity (Wildman–Crippen MR) is 61.6 cm³/mol. The normalized spacial score (nSPS) is 14.1. The zero-order chi connectivity index (χ0) is 13.4. The van der Waals surface area contributed by atoms with E-state index in [1.807, 2.05) is 0 Å². The lowest BCUT2D eigenvalue weighted by molar-refractivity contribution is -0.498. The highest BCUT2D eigenvalue weighted by Gasteiger charge is 2.17. The van der Waals surface area contributed by atoms with Crippen molar-refractivity contribution in [1.82, 2.24) is 5.43 Å². The third-order valence-corrected chi connectivity index (χ3v) is 1.73. The van der Waals surface area contributed by atoms with Crippen molar-refractivity contribution >= 4 is 11.8 Å². The van der Waals surface area contributed by atoms with Gasteiger partial charge < -0.3 is 10.5 Å². The second kappa shape index (κ2) is 7.20. The number of allylic oxidation sites excluding steroid dienone is 1. The highest BCUT2D eigenvalue weighted by molar-refractivity contribution is 5.84. The second-order valence-electron chi connectivity index (χ2n) is 3.19. The first-order valence-electron chi connectivity index (χ1n) is 4.96. The van der Waals surface area contributed by atoms with E-state index in [0.29, 0.717) is 5.70 Å². The van der Waals surface area contributed by atoms with Crippen LogP contribution < -0.4 is 11.2 Å². The van der Waals surface area contributed by atoms with Crippen molar-refractivity contribution in [2.75, 3.05) is 6.61 Å². The Hall–Kier alpha value is -2.12. The van der Waals surface area contributed by atoms with Crippen LogP contribution in [0.2, 0.25) is 0 Å². The molecule has 0 bridgehead atoms. The number of esters is 1. The Labute approximate surface area is 98.7 Å². The lowest BCUT2D eigenvalue weighted by Crippen LogP contribution is -2.34. The number of hydrazone groups is 1. The number of nitrogens with two attached hydrogens (primary N) is 1. The van der Waals surface area contributed by atoms with Gasteiger partial charge >= 0.3 is 5.97 Å². The summed E-state index contributed by atoms with van der Waals surface area (Å²) in [5.74, 6) is -0.694. The fourth-order valence-corrected chi connectivity index (χ4v) is 0.747. The fourth-order valence-electron chi connectivity index (χ4n) is 0.747. The van der Waals surface area contributed by atoms with Gasteiger partial charge in [0, 0.05) is 23.6 Å². The van der Waals surface area contributed by atoms with E-state index in [1.54, 1.807) is 13.8 Å². The van der Waals surface area contributed by atoms with Crippen molar-refractivity contribution in [3.8, 4) is 0 Å². The molecule has 0 aromatic carbocycles. The SMILES string of the molecule is CCOC(=O)C=C(C)NN=C(N)C(C)[N+](=O)[O-]. The van der Waals surface area contributed by atoms with E-state index in [-0.39, 0.29) is 12.4 Å². The van der Waals surface area contributed by atoms with Crippen molar-refractivity contribution in [1.29, 1.82) is 0 Å². The minimum absolute atomic E-state index is 0.174. The first kappa shape index (κ1) is 14.9. The van der Waals surface area contributed by atoms with E-state index < -0.39 is 16.9 Å². The van der Waals surface area contributed by atoms with Gasteiger partial charge in [-0.1, -0.05) is 0 Å². The van der Waals surface area contributed by atoms with Crippen LogP contribution in [0.5, 0.6) is 0 Å². The summed E-state index contributed by atoms with van der Waals surface area (Å²) in [7, 11) is 0. The summed E-state index contributed by atoms with van der Waals surface area (Å²) in [5, 5.41) is 14.0. The molecule has 0 spiro atoms. The molecular formula is C9H16N4O4. The van der Waals surface area contributed by atoms with Gasteiger partial charge in [0.05, 0.1) is 6.61 Å². The van der Waals surface area contributed by atoms with Crippen LogP contribution in [0.3, 0.4) is 0 Å². The number of ether oxygens (including phenoxy) is 1. The maximum Gasteiger partial charge on any atom is 0.332 e. The summed E-state index contributed by atoms with van der Waals surface area (Å²) < 4.78 is 4.66. The third-order valence-electron chi connectivity index (χ3n) is 1.73. The Kier molecular flexibility index (Phi) is 6.30. The van der Waals surface area contributed by atoms with Gasteiger partial charge in [-0.3, -0.25) is 15.5 Å². The first-order chi connectivity index (χ1) is 7.88. The summed E-state index contributed by atoms with van der Waals surface area (Å²) in [6, 6.07) is -1.09. The Bertz CT molecular complexity index is 351. The summed E-state index contributed by atoms with van der Waals surface area (Å²) in [6.45, 7) is 4.82. The number of nitro groups is 1. The highest BCUT2D eigenvalue weighted by Crippen LogP contribution is 1.92. The molecule has 96 valence electrons. The molecule has 0 radical (unpaired) electrons. The van der Waals surface area contributed by atoms with Crippen LogP contribution in [-0.4, -0.2) is 29.4 Å². The van der Waals surface area contributed by atoms with Gasteiger partial charge in [-0.05, 0) is 13.8 Å². The number of rotatable bonds is 6. The summed E-state index contributed by atoms with van der Waals surface area (Å²) in [6.07, 6.45) is 1.18. The Balaban J connectivity index is 4.40. The van der Waals surface area contributed by atoms with Gasteiger partial charge in [0.15, 0.2) is 5.84 Å². The monoisotopic (exact) mass is 244 g/mol. The Morgan fingerprint density at radius 1 is 1.71 bits per heavy atom. The molecule has 0 heterocycles. The molecule has 1 atom stereocenters. The zero-order valence-electron chi connectivity index (χ0n) is 9.97. The average molecular weight is 244 g/mol.